The number of fused-ring (bicyclic) bond motifs is 1. The van der Waals surface area contributed by atoms with E-state index in [0.29, 0.717) is 0 Å². The normalized spacial score (nSPS) is 11.2. The first-order valence-electron chi connectivity index (χ1n) is 7.31. The van der Waals surface area contributed by atoms with Gasteiger partial charge in [0.25, 0.3) is 0 Å². The Labute approximate surface area is 120 Å². The maximum atomic E-state index is 2.38. The molecular weight excluding hydrogens is 242 g/mol. The first kappa shape index (κ1) is 13.0. The minimum absolute atomic E-state index is 0.947. The van der Waals surface area contributed by atoms with Crippen LogP contribution in [0.2, 0.25) is 0 Å². The van der Waals surface area contributed by atoms with Gasteiger partial charge in [-0.1, -0.05) is 54.4 Å². The number of aryl methyl sites for hydroxylation is 3. The van der Waals surface area contributed by atoms with Crippen LogP contribution in [0.5, 0.6) is 0 Å². The van der Waals surface area contributed by atoms with Gasteiger partial charge in [0.05, 0.1) is 5.52 Å². The molecule has 0 atom stereocenters. The van der Waals surface area contributed by atoms with Crippen molar-refractivity contribution in [3.8, 4) is 0 Å². The van der Waals surface area contributed by atoms with Crippen LogP contribution in [0.4, 0.5) is 0 Å². The Bertz CT molecular complexity index is 729. The van der Waals surface area contributed by atoms with Crippen molar-refractivity contribution < 1.29 is 0 Å². The van der Waals surface area contributed by atoms with Gasteiger partial charge < -0.3 is 4.57 Å². The second-order valence-electron chi connectivity index (χ2n) is 5.65. The summed E-state index contributed by atoms with van der Waals surface area (Å²) < 4.78 is 2.38. The molecule has 0 aliphatic carbocycles. The van der Waals surface area contributed by atoms with E-state index in [0.717, 1.165) is 13.0 Å². The second kappa shape index (κ2) is 5.16. The van der Waals surface area contributed by atoms with Crippen molar-refractivity contribution in [1.29, 1.82) is 0 Å². The zero-order valence-corrected chi connectivity index (χ0v) is 12.5. The molecule has 3 rings (SSSR count). The smallest absolute Gasteiger partial charge is 0.0515 e. The van der Waals surface area contributed by atoms with E-state index in [9.17, 15) is 0 Å². The van der Waals surface area contributed by atoms with Crippen LogP contribution in [0.1, 0.15) is 29.2 Å². The highest BCUT2D eigenvalue weighted by Gasteiger charge is 2.06. The van der Waals surface area contributed by atoms with E-state index in [4.69, 9.17) is 0 Å². The van der Waals surface area contributed by atoms with Gasteiger partial charge in [0.2, 0.25) is 0 Å². The lowest BCUT2D eigenvalue weighted by Gasteiger charge is -2.10. The second-order valence-corrected chi connectivity index (χ2v) is 5.65. The lowest BCUT2D eigenvalue weighted by atomic mass is 10.1. The fourth-order valence-corrected chi connectivity index (χ4v) is 3.11. The number of nitrogens with zero attached hydrogens (tertiary/aromatic N) is 1. The molecule has 2 aromatic carbocycles. The van der Waals surface area contributed by atoms with Crippen molar-refractivity contribution in [2.75, 3.05) is 0 Å². The molecule has 0 bridgehead atoms. The molecule has 20 heavy (non-hydrogen) atoms. The summed E-state index contributed by atoms with van der Waals surface area (Å²) in [4.78, 5) is 0. The molecule has 0 spiro atoms. The molecule has 0 unspecified atom stereocenters. The molecule has 1 heteroatoms. The topological polar surface area (TPSA) is 4.93 Å². The average Bonchev–Trinajstić information content (AvgIpc) is 2.81. The first-order chi connectivity index (χ1) is 9.67. The van der Waals surface area contributed by atoms with E-state index in [2.05, 4.69) is 74.0 Å². The van der Waals surface area contributed by atoms with Crippen molar-refractivity contribution in [2.24, 2.45) is 0 Å². The fraction of sp³-hybridized carbons (Fsp3) is 0.263. The SMILES string of the molecule is CCc1cccc2ccn(Cc3cc(C)cc(C)c3)c12. The van der Waals surface area contributed by atoms with Gasteiger partial charge in [0.1, 0.15) is 0 Å². The lowest BCUT2D eigenvalue weighted by Crippen LogP contribution is -2.00. The maximum Gasteiger partial charge on any atom is 0.0515 e. The molecule has 0 amide bonds. The van der Waals surface area contributed by atoms with Crippen LogP contribution in [0.15, 0.2) is 48.7 Å². The molecule has 0 aliphatic heterocycles. The lowest BCUT2D eigenvalue weighted by molar-refractivity contribution is 0.829. The van der Waals surface area contributed by atoms with Gasteiger partial charge >= 0.3 is 0 Å². The Hall–Kier alpha value is -2.02. The number of aromatic nitrogens is 1. The van der Waals surface area contributed by atoms with Gasteiger partial charge in [-0.3, -0.25) is 0 Å². The van der Waals surface area contributed by atoms with E-state index in [-0.39, 0.29) is 0 Å². The number of benzene rings is 2. The molecule has 102 valence electrons. The van der Waals surface area contributed by atoms with Crippen molar-refractivity contribution in [2.45, 2.75) is 33.7 Å². The summed E-state index contributed by atoms with van der Waals surface area (Å²) in [5, 5.41) is 1.34. The van der Waals surface area contributed by atoms with Crippen LogP contribution in [0.3, 0.4) is 0 Å². The molecule has 0 N–H and O–H groups in total. The zero-order chi connectivity index (χ0) is 14.1. The number of rotatable bonds is 3. The third kappa shape index (κ3) is 2.36. The molecule has 0 fully saturated rings. The minimum Gasteiger partial charge on any atom is -0.343 e. The summed E-state index contributed by atoms with van der Waals surface area (Å²) >= 11 is 0. The Balaban J connectivity index is 2.06. The molecule has 1 nitrogen and oxygen atoms in total. The predicted molar refractivity (Wildman–Crippen MR) is 86.3 cm³/mol. The van der Waals surface area contributed by atoms with Crippen LogP contribution in [0.25, 0.3) is 10.9 Å². The van der Waals surface area contributed by atoms with Crippen LogP contribution >= 0.6 is 0 Å². The van der Waals surface area contributed by atoms with Gasteiger partial charge in [-0.05, 0) is 42.8 Å². The highest BCUT2D eigenvalue weighted by atomic mass is 15.0. The number of hydrogen-bond acceptors (Lipinski definition) is 0. The molecule has 0 saturated carbocycles. The molecule has 0 saturated heterocycles. The van der Waals surface area contributed by atoms with E-state index >= 15 is 0 Å². The van der Waals surface area contributed by atoms with Gasteiger partial charge in [-0.2, -0.15) is 0 Å². The molecule has 1 heterocycles. The standard InChI is InChI=1S/C19H21N/c1-4-17-6-5-7-18-8-9-20(19(17)18)13-16-11-14(2)10-15(3)12-16/h5-12H,4,13H2,1-3H3. The van der Waals surface area contributed by atoms with Gasteiger partial charge in [-0.15, -0.1) is 0 Å². The van der Waals surface area contributed by atoms with Crippen molar-refractivity contribution >= 4 is 10.9 Å². The Morgan fingerprint density at radius 2 is 1.70 bits per heavy atom. The summed E-state index contributed by atoms with van der Waals surface area (Å²) in [5.41, 5.74) is 6.87. The Kier molecular flexibility index (Phi) is 3.35. The minimum atomic E-state index is 0.947. The van der Waals surface area contributed by atoms with Crippen LogP contribution < -0.4 is 0 Å². The number of hydrogen-bond donors (Lipinski definition) is 0. The van der Waals surface area contributed by atoms with Crippen LogP contribution in [-0.2, 0) is 13.0 Å². The Morgan fingerprint density at radius 3 is 2.40 bits per heavy atom. The summed E-state index contributed by atoms with van der Waals surface area (Å²) in [7, 11) is 0. The largest absolute Gasteiger partial charge is 0.343 e. The molecule has 0 aliphatic rings. The summed E-state index contributed by atoms with van der Waals surface area (Å²) in [6, 6.07) is 15.6. The van der Waals surface area contributed by atoms with Crippen LogP contribution in [0, 0.1) is 13.8 Å². The fourth-order valence-electron chi connectivity index (χ4n) is 3.11. The van der Waals surface area contributed by atoms with Crippen molar-refractivity contribution in [3.63, 3.8) is 0 Å². The van der Waals surface area contributed by atoms with E-state index < -0.39 is 0 Å². The third-order valence-corrected chi connectivity index (χ3v) is 3.89. The highest BCUT2D eigenvalue weighted by Crippen LogP contribution is 2.22. The maximum absolute atomic E-state index is 2.38. The zero-order valence-electron chi connectivity index (χ0n) is 12.5. The van der Waals surface area contributed by atoms with E-state index in [1.54, 1.807) is 0 Å². The van der Waals surface area contributed by atoms with Gasteiger partial charge in [0.15, 0.2) is 0 Å². The van der Waals surface area contributed by atoms with Crippen molar-refractivity contribution in [1.82, 2.24) is 4.57 Å². The summed E-state index contributed by atoms with van der Waals surface area (Å²) in [5.74, 6) is 0. The molecule has 1 aromatic heterocycles. The molecule has 0 radical (unpaired) electrons. The van der Waals surface area contributed by atoms with E-state index in [1.165, 1.54) is 33.2 Å². The first-order valence-corrected chi connectivity index (χ1v) is 7.31. The van der Waals surface area contributed by atoms with E-state index in [1.807, 2.05) is 0 Å². The van der Waals surface area contributed by atoms with Crippen LogP contribution in [-0.4, -0.2) is 4.57 Å². The summed E-state index contributed by atoms with van der Waals surface area (Å²) in [6.07, 6.45) is 3.29. The monoisotopic (exact) mass is 263 g/mol. The average molecular weight is 263 g/mol. The number of para-hydroxylation sites is 1. The summed E-state index contributed by atoms with van der Waals surface area (Å²) in [6.45, 7) is 7.51. The van der Waals surface area contributed by atoms with Gasteiger partial charge in [0, 0.05) is 12.7 Å². The molecule has 3 aromatic rings. The quantitative estimate of drug-likeness (QED) is 0.635. The van der Waals surface area contributed by atoms with Gasteiger partial charge in [-0.25, -0.2) is 0 Å². The third-order valence-electron chi connectivity index (χ3n) is 3.89. The predicted octanol–water partition coefficient (Wildman–Crippen LogP) is 4.87. The van der Waals surface area contributed by atoms with Crippen molar-refractivity contribution in [3.05, 3.63) is 70.9 Å². The highest BCUT2D eigenvalue weighted by molar-refractivity contribution is 5.83. The molecular formula is C19H21N. The Morgan fingerprint density at radius 1 is 0.950 bits per heavy atom.